The Morgan fingerprint density at radius 1 is 1.13 bits per heavy atom. The molecule has 8 nitrogen and oxygen atoms in total. The molecule has 1 atom stereocenters. The molecule has 1 aliphatic rings. The minimum Gasteiger partial charge on any atom is -0.378 e. The summed E-state index contributed by atoms with van der Waals surface area (Å²) < 4.78 is 7.29. The molecule has 31 heavy (non-hydrogen) atoms. The predicted octanol–water partition coefficient (Wildman–Crippen LogP) is 2.00. The molecule has 0 N–H and O–H groups in total. The molecule has 0 amide bonds. The first-order valence-electron chi connectivity index (χ1n) is 10.1. The summed E-state index contributed by atoms with van der Waals surface area (Å²) in [6.45, 7) is 1.25. The molecular weight excluding hydrogens is 394 g/mol. The quantitative estimate of drug-likeness (QED) is 0.585. The van der Waals surface area contributed by atoms with Gasteiger partial charge >= 0.3 is 0 Å². The van der Waals surface area contributed by atoms with E-state index in [0.717, 1.165) is 11.3 Å². The van der Waals surface area contributed by atoms with Crippen molar-refractivity contribution < 1.29 is 9.53 Å². The highest BCUT2D eigenvalue weighted by atomic mass is 16.5. The molecule has 1 aromatic carbocycles. The average molecular weight is 419 g/mol. The maximum atomic E-state index is 13.0. The smallest absolute Gasteiger partial charge is 0.255 e. The molecule has 3 aromatic rings. The lowest BCUT2D eigenvalue weighted by Crippen LogP contribution is -2.48. The van der Waals surface area contributed by atoms with Crippen LogP contribution in [-0.2, 0) is 11.8 Å². The SMILES string of the molecule is CN(C)c1ccc(C(=O)C2CN(c3nc(-c4ccncc4)cc(=O)n3C)CCO2)cc1. The van der Waals surface area contributed by atoms with E-state index in [2.05, 4.69) is 4.98 Å². The summed E-state index contributed by atoms with van der Waals surface area (Å²) in [6, 6.07) is 12.6. The van der Waals surface area contributed by atoms with E-state index in [4.69, 9.17) is 9.72 Å². The van der Waals surface area contributed by atoms with Crippen molar-refractivity contribution in [2.24, 2.45) is 7.05 Å². The van der Waals surface area contributed by atoms with E-state index < -0.39 is 6.10 Å². The molecule has 0 bridgehead atoms. The first kappa shape index (κ1) is 20.7. The van der Waals surface area contributed by atoms with Crippen LogP contribution in [0.4, 0.5) is 11.6 Å². The Kier molecular flexibility index (Phi) is 5.81. The third-order valence-electron chi connectivity index (χ3n) is 5.40. The largest absolute Gasteiger partial charge is 0.378 e. The van der Waals surface area contributed by atoms with Crippen LogP contribution in [-0.4, -0.2) is 60.2 Å². The zero-order valence-corrected chi connectivity index (χ0v) is 17.9. The summed E-state index contributed by atoms with van der Waals surface area (Å²) in [5.41, 5.74) is 2.86. The van der Waals surface area contributed by atoms with E-state index in [1.807, 2.05) is 60.3 Å². The molecule has 1 saturated heterocycles. The van der Waals surface area contributed by atoms with E-state index >= 15 is 0 Å². The zero-order chi connectivity index (χ0) is 22.0. The number of carbonyl (C=O) groups is 1. The Morgan fingerprint density at radius 3 is 2.52 bits per heavy atom. The number of rotatable bonds is 5. The van der Waals surface area contributed by atoms with Crippen LogP contribution in [0, 0.1) is 0 Å². The fourth-order valence-corrected chi connectivity index (χ4v) is 3.58. The summed E-state index contributed by atoms with van der Waals surface area (Å²) in [7, 11) is 5.60. The van der Waals surface area contributed by atoms with Gasteiger partial charge in [0.2, 0.25) is 5.95 Å². The lowest BCUT2D eigenvalue weighted by Gasteiger charge is -2.33. The summed E-state index contributed by atoms with van der Waals surface area (Å²) in [5.74, 6) is 0.439. The molecule has 1 unspecified atom stereocenters. The Hall–Kier alpha value is -3.52. The fourth-order valence-electron chi connectivity index (χ4n) is 3.58. The van der Waals surface area contributed by atoms with Gasteiger partial charge in [0.15, 0.2) is 5.78 Å². The number of Topliss-reactive ketones (excluding diaryl/α,β-unsaturated/α-hetero) is 1. The van der Waals surface area contributed by atoms with Crippen LogP contribution in [0.25, 0.3) is 11.3 Å². The van der Waals surface area contributed by atoms with Crippen LogP contribution in [0.1, 0.15) is 10.4 Å². The van der Waals surface area contributed by atoms with Gasteiger partial charge in [0, 0.05) is 63.0 Å². The van der Waals surface area contributed by atoms with Crippen LogP contribution in [0.5, 0.6) is 0 Å². The van der Waals surface area contributed by atoms with Gasteiger partial charge in [-0.2, -0.15) is 0 Å². The first-order valence-corrected chi connectivity index (χ1v) is 10.1. The van der Waals surface area contributed by atoms with Crippen molar-refractivity contribution >= 4 is 17.4 Å². The van der Waals surface area contributed by atoms with Gasteiger partial charge in [-0.25, -0.2) is 4.98 Å². The first-order chi connectivity index (χ1) is 14.9. The van der Waals surface area contributed by atoms with E-state index in [9.17, 15) is 9.59 Å². The maximum Gasteiger partial charge on any atom is 0.255 e. The molecule has 3 heterocycles. The molecule has 1 aliphatic heterocycles. The minimum atomic E-state index is -0.625. The van der Waals surface area contributed by atoms with Crippen molar-refractivity contribution in [1.29, 1.82) is 0 Å². The van der Waals surface area contributed by atoms with Gasteiger partial charge in [-0.1, -0.05) is 0 Å². The van der Waals surface area contributed by atoms with Gasteiger partial charge in [0.1, 0.15) is 6.10 Å². The summed E-state index contributed by atoms with van der Waals surface area (Å²) in [5, 5.41) is 0. The normalized spacial score (nSPS) is 16.2. The third-order valence-corrected chi connectivity index (χ3v) is 5.40. The predicted molar refractivity (Wildman–Crippen MR) is 120 cm³/mol. The standard InChI is InChI=1S/C23H25N5O3/c1-26(2)18-6-4-17(5-7-18)22(30)20-15-28(12-13-31-20)23-25-19(14-21(29)27(23)3)16-8-10-24-11-9-16/h4-11,14,20H,12-13,15H2,1-3H3. The van der Waals surface area contributed by atoms with E-state index in [-0.39, 0.29) is 11.3 Å². The monoisotopic (exact) mass is 419 g/mol. The molecule has 4 rings (SSSR count). The van der Waals surface area contributed by atoms with Crippen molar-refractivity contribution in [2.75, 3.05) is 43.6 Å². The van der Waals surface area contributed by atoms with Gasteiger partial charge in [-0.15, -0.1) is 0 Å². The minimum absolute atomic E-state index is 0.0784. The number of hydrogen-bond acceptors (Lipinski definition) is 7. The number of morpholine rings is 1. The van der Waals surface area contributed by atoms with Gasteiger partial charge in [-0.05, 0) is 36.4 Å². The number of nitrogens with zero attached hydrogens (tertiary/aromatic N) is 5. The van der Waals surface area contributed by atoms with Gasteiger partial charge < -0.3 is 14.5 Å². The van der Waals surface area contributed by atoms with Gasteiger partial charge in [0.05, 0.1) is 18.8 Å². The highest BCUT2D eigenvalue weighted by molar-refractivity contribution is 6.00. The summed E-state index contributed by atoms with van der Waals surface area (Å²) >= 11 is 0. The van der Waals surface area contributed by atoms with E-state index in [1.165, 1.54) is 10.6 Å². The number of carbonyl (C=O) groups excluding carboxylic acids is 1. The fraction of sp³-hybridized carbons (Fsp3) is 0.304. The number of aromatic nitrogens is 3. The third kappa shape index (κ3) is 4.34. The van der Waals surface area contributed by atoms with Gasteiger partial charge in [0.25, 0.3) is 5.56 Å². The Balaban J connectivity index is 1.59. The second kappa shape index (κ2) is 8.69. The zero-order valence-electron chi connectivity index (χ0n) is 17.9. The molecule has 1 fully saturated rings. The van der Waals surface area contributed by atoms with Crippen LogP contribution in [0.2, 0.25) is 0 Å². The maximum absolute atomic E-state index is 13.0. The summed E-state index contributed by atoms with van der Waals surface area (Å²) in [6.07, 6.45) is 2.71. The lowest BCUT2D eigenvalue weighted by atomic mass is 10.0. The van der Waals surface area contributed by atoms with Crippen molar-refractivity contribution in [1.82, 2.24) is 14.5 Å². The molecule has 2 aromatic heterocycles. The number of benzene rings is 1. The number of ketones is 1. The molecule has 0 aliphatic carbocycles. The van der Waals surface area contributed by atoms with E-state index in [0.29, 0.717) is 36.9 Å². The second-order valence-electron chi connectivity index (χ2n) is 7.69. The highest BCUT2D eigenvalue weighted by Crippen LogP contribution is 2.21. The van der Waals surface area contributed by atoms with Crippen molar-refractivity contribution in [3.63, 3.8) is 0 Å². The molecule has 0 saturated carbocycles. The summed E-state index contributed by atoms with van der Waals surface area (Å²) in [4.78, 5) is 38.3. The topological polar surface area (TPSA) is 80.6 Å². The number of ether oxygens (including phenoxy) is 1. The Labute approximate surface area is 180 Å². The van der Waals surface area contributed by atoms with E-state index in [1.54, 1.807) is 19.4 Å². The Morgan fingerprint density at radius 2 is 1.84 bits per heavy atom. The molecule has 160 valence electrons. The number of anilines is 2. The van der Waals surface area contributed by atoms with Gasteiger partial charge in [-0.3, -0.25) is 19.1 Å². The molecule has 0 radical (unpaired) electrons. The average Bonchev–Trinajstić information content (AvgIpc) is 2.81. The van der Waals surface area contributed by atoms with Crippen LogP contribution in [0.15, 0.2) is 59.7 Å². The van der Waals surface area contributed by atoms with Crippen molar-refractivity contribution in [3.05, 3.63) is 70.8 Å². The molecule has 0 spiro atoms. The molecular formula is C23H25N5O3. The van der Waals surface area contributed by atoms with Crippen LogP contribution in [0.3, 0.4) is 0 Å². The molecule has 8 heteroatoms. The second-order valence-corrected chi connectivity index (χ2v) is 7.69. The highest BCUT2D eigenvalue weighted by Gasteiger charge is 2.29. The Bertz CT molecular complexity index is 1130. The lowest BCUT2D eigenvalue weighted by molar-refractivity contribution is 0.0337. The van der Waals surface area contributed by atoms with Crippen molar-refractivity contribution in [3.8, 4) is 11.3 Å². The number of pyridine rings is 1. The van der Waals surface area contributed by atoms with Crippen LogP contribution < -0.4 is 15.4 Å². The van der Waals surface area contributed by atoms with Crippen LogP contribution >= 0.6 is 0 Å². The number of hydrogen-bond donors (Lipinski definition) is 0. The van der Waals surface area contributed by atoms with Crippen molar-refractivity contribution in [2.45, 2.75) is 6.10 Å².